The molecule has 0 bridgehead atoms. The summed E-state index contributed by atoms with van der Waals surface area (Å²) in [5.74, 6) is 1.70. The zero-order valence-corrected chi connectivity index (χ0v) is 44.8. The van der Waals surface area contributed by atoms with Crippen LogP contribution in [0.2, 0.25) is 0 Å². The summed E-state index contributed by atoms with van der Waals surface area (Å²) in [5, 5.41) is 11.0. The van der Waals surface area contributed by atoms with Crippen molar-refractivity contribution in [1.82, 2.24) is 0 Å². The normalized spacial score (nSPS) is 13.1. The van der Waals surface area contributed by atoms with Crippen LogP contribution in [0.15, 0.2) is 282 Å². The Morgan fingerprint density at radius 3 is 1.80 bits per heavy atom. The first-order chi connectivity index (χ1) is 39.9. The van der Waals surface area contributed by atoms with E-state index in [1.807, 2.05) is 24.3 Å². The molecular weight excluding hydrogens is 986 g/mol. The molecule has 1 N–H and O–H groups in total. The number of rotatable bonds is 9. The van der Waals surface area contributed by atoms with Gasteiger partial charge in [0.25, 0.3) is 0 Å². The molecule has 0 spiro atoms. The van der Waals surface area contributed by atoms with Crippen molar-refractivity contribution >= 4 is 112 Å². The Kier molecular flexibility index (Phi) is 10.6. The Morgan fingerprint density at radius 2 is 1.04 bits per heavy atom. The minimum absolute atomic E-state index is 0.104. The molecule has 0 amide bonds. The molecule has 0 fully saturated rings. The van der Waals surface area contributed by atoms with Crippen LogP contribution < -0.4 is 31.5 Å². The molecule has 2 aromatic heterocycles. The van der Waals surface area contributed by atoms with Crippen molar-refractivity contribution in [3.05, 3.63) is 284 Å². The zero-order chi connectivity index (χ0) is 53.8. The van der Waals surface area contributed by atoms with Crippen LogP contribution in [0.3, 0.4) is 0 Å². The van der Waals surface area contributed by atoms with Crippen molar-refractivity contribution in [2.45, 2.75) is 19.3 Å². The van der Waals surface area contributed by atoms with E-state index in [0.29, 0.717) is 0 Å². The molecule has 2 aliphatic rings. The van der Waals surface area contributed by atoms with Crippen molar-refractivity contribution < 1.29 is 8.83 Å². The minimum Gasteiger partial charge on any atom is -0.456 e. The molecule has 12 aromatic carbocycles. The summed E-state index contributed by atoms with van der Waals surface area (Å²) < 4.78 is 12.8. The van der Waals surface area contributed by atoms with Gasteiger partial charge in [-0.2, -0.15) is 0 Å². The standard InChI is InChI=1S/C75H52BN3O2/c1-75(2)63-40-34-48-17-9-12-24-61(48)73(63)62-39-38-59(45-64(62)75)78(58-37-33-50-41-54(30-29-51(50)42-58)72-44-53-19-11-16-28-70(53)81-72)60-46-66(77-56-22-7-4-8-23-56)74-68(47-60)79(67-26-14-13-25-65(67)76(74)55-20-5-3-6-21-55)57-35-31-49(32-36-57)71-43-52-18-10-15-27-69(52)80-71/h3-47,77H,1-2H3. The molecule has 14 aromatic rings. The molecule has 0 atom stereocenters. The van der Waals surface area contributed by atoms with E-state index in [1.54, 1.807) is 0 Å². The van der Waals surface area contributed by atoms with Gasteiger partial charge in [-0.1, -0.05) is 183 Å². The number of nitrogens with one attached hydrogen (secondary N) is 1. The quantitative estimate of drug-likeness (QED) is 0.146. The Morgan fingerprint density at radius 1 is 0.432 bits per heavy atom. The summed E-state index contributed by atoms with van der Waals surface area (Å²) in [7, 11) is 0. The number of furan rings is 2. The summed E-state index contributed by atoms with van der Waals surface area (Å²) in [5.41, 5.74) is 20.8. The lowest BCUT2D eigenvalue weighted by molar-refractivity contribution is 0.631. The summed E-state index contributed by atoms with van der Waals surface area (Å²) in [4.78, 5) is 4.94. The molecule has 5 nitrogen and oxygen atoms in total. The van der Waals surface area contributed by atoms with E-state index in [-0.39, 0.29) is 12.1 Å². The average molecular weight is 1040 g/mol. The molecule has 0 radical (unpaired) electrons. The minimum atomic E-state index is -0.263. The summed E-state index contributed by atoms with van der Waals surface area (Å²) in [6.07, 6.45) is 0. The third-order valence-corrected chi connectivity index (χ3v) is 17.0. The van der Waals surface area contributed by atoms with E-state index in [4.69, 9.17) is 8.83 Å². The maximum Gasteiger partial charge on any atom is 0.249 e. The monoisotopic (exact) mass is 1040 g/mol. The SMILES string of the molecule is CC1(C)c2cc(N(c3cc(Nc4ccccc4)c4c(c3)N(c3ccc(-c5cc6ccccc6o5)cc3)c3ccccc3B4c3ccccc3)c3ccc4cc(-c5cc6ccccc6o5)ccc4c3)ccc2-c2c1ccc1ccccc21. The van der Waals surface area contributed by atoms with Crippen LogP contribution in [0, 0.1) is 0 Å². The molecule has 382 valence electrons. The fraction of sp³-hybridized carbons (Fsp3) is 0.0400. The fourth-order valence-electron chi connectivity index (χ4n) is 13.1. The van der Waals surface area contributed by atoms with E-state index >= 15 is 0 Å². The van der Waals surface area contributed by atoms with E-state index in [2.05, 4.69) is 278 Å². The van der Waals surface area contributed by atoms with E-state index in [0.717, 1.165) is 101 Å². The van der Waals surface area contributed by atoms with Crippen LogP contribution in [0.5, 0.6) is 0 Å². The average Bonchev–Trinajstić information content (AvgIpc) is 4.10. The predicted molar refractivity (Wildman–Crippen MR) is 340 cm³/mol. The third kappa shape index (κ3) is 7.70. The second-order valence-electron chi connectivity index (χ2n) is 22.1. The van der Waals surface area contributed by atoms with Crippen molar-refractivity contribution in [2.24, 2.45) is 0 Å². The van der Waals surface area contributed by atoms with Gasteiger partial charge in [0, 0.05) is 67.1 Å². The van der Waals surface area contributed by atoms with Gasteiger partial charge in [-0.05, 0) is 164 Å². The molecule has 1 aliphatic carbocycles. The zero-order valence-electron chi connectivity index (χ0n) is 44.8. The molecule has 16 rings (SSSR count). The van der Waals surface area contributed by atoms with Gasteiger partial charge in [0.05, 0.1) is 5.69 Å². The van der Waals surface area contributed by atoms with Crippen LogP contribution in [0.4, 0.5) is 45.5 Å². The molecule has 1 aliphatic heterocycles. The Hall–Kier alpha value is -10.3. The number of hydrogen-bond acceptors (Lipinski definition) is 5. The molecule has 0 unspecified atom stereocenters. The van der Waals surface area contributed by atoms with Crippen molar-refractivity contribution in [3.63, 3.8) is 0 Å². The lowest BCUT2D eigenvalue weighted by atomic mass is 9.34. The molecule has 0 saturated carbocycles. The Bertz CT molecular complexity index is 4720. The maximum absolute atomic E-state index is 6.42. The highest BCUT2D eigenvalue weighted by Crippen LogP contribution is 2.54. The number of para-hydroxylation sites is 4. The number of hydrogen-bond donors (Lipinski definition) is 1. The highest BCUT2D eigenvalue weighted by molar-refractivity contribution is 6.99. The highest BCUT2D eigenvalue weighted by Gasteiger charge is 2.40. The molecule has 81 heavy (non-hydrogen) atoms. The fourth-order valence-corrected chi connectivity index (χ4v) is 13.1. The van der Waals surface area contributed by atoms with Crippen molar-refractivity contribution in [2.75, 3.05) is 15.1 Å². The first kappa shape index (κ1) is 46.8. The number of fused-ring (bicyclic) bond motifs is 10. The van der Waals surface area contributed by atoms with Crippen LogP contribution >= 0.6 is 0 Å². The molecule has 6 heteroatoms. The van der Waals surface area contributed by atoms with Gasteiger partial charge >= 0.3 is 0 Å². The van der Waals surface area contributed by atoms with Gasteiger partial charge in [-0.25, -0.2) is 0 Å². The number of anilines is 8. The van der Waals surface area contributed by atoms with E-state index in [1.165, 1.54) is 49.4 Å². The lowest BCUT2D eigenvalue weighted by Gasteiger charge is -2.39. The molecular formula is C75H52BN3O2. The van der Waals surface area contributed by atoms with Crippen molar-refractivity contribution in [3.8, 4) is 33.8 Å². The van der Waals surface area contributed by atoms with Crippen LogP contribution in [-0.2, 0) is 5.41 Å². The van der Waals surface area contributed by atoms with Gasteiger partial charge in [0.2, 0.25) is 6.71 Å². The second kappa shape index (κ2) is 18.4. The van der Waals surface area contributed by atoms with Gasteiger partial charge in [-0.3, -0.25) is 0 Å². The largest absolute Gasteiger partial charge is 0.456 e. The van der Waals surface area contributed by atoms with Gasteiger partial charge in [0.1, 0.15) is 22.7 Å². The van der Waals surface area contributed by atoms with E-state index in [9.17, 15) is 0 Å². The Labute approximate surface area is 470 Å². The predicted octanol–water partition coefficient (Wildman–Crippen LogP) is 18.6. The first-order valence-corrected chi connectivity index (χ1v) is 27.9. The summed E-state index contributed by atoms with van der Waals surface area (Å²) >= 11 is 0. The smallest absolute Gasteiger partial charge is 0.249 e. The van der Waals surface area contributed by atoms with Crippen LogP contribution in [0.1, 0.15) is 25.0 Å². The third-order valence-electron chi connectivity index (χ3n) is 17.0. The lowest BCUT2D eigenvalue weighted by Crippen LogP contribution is -2.57. The molecule has 0 saturated heterocycles. The van der Waals surface area contributed by atoms with Crippen LogP contribution in [-0.4, -0.2) is 6.71 Å². The second-order valence-corrected chi connectivity index (χ2v) is 22.1. The first-order valence-electron chi connectivity index (χ1n) is 27.9. The van der Waals surface area contributed by atoms with Crippen LogP contribution in [0.25, 0.3) is 77.3 Å². The Balaban J connectivity index is 0.934. The topological polar surface area (TPSA) is 44.8 Å². The van der Waals surface area contributed by atoms with Gasteiger partial charge in [-0.15, -0.1) is 0 Å². The van der Waals surface area contributed by atoms with E-state index < -0.39 is 0 Å². The van der Waals surface area contributed by atoms with Gasteiger partial charge < -0.3 is 24.0 Å². The summed E-state index contributed by atoms with van der Waals surface area (Å²) in [6.45, 7) is 4.67. The number of nitrogens with zero attached hydrogens (tertiary/aromatic N) is 2. The maximum atomic E-state index is 6.42. The van der Waals surface area contributed by atoms with Crippen molar-refractivity contribution in [1.29, 1.82) is 0 Å². The molecule has 3 heterocycles. The highest BCUT2D eigenvalue weighted by atomic mass is 16.3. The summed E-state index contributed by atoms with van der Waals surface area (Å²) in [6, 6.07) is 99.1. The number of benzene rings is 12. The van der Waals surface area contributed by atoms with Gasteiger partial charge in [0.15, 0.2) is 0 Å².